The largest absolute Gasteiger partial charge is 0.353 e. The second kappa shape index (κ2) is 3.41. The Hall–Kier alpha value is -0.280. The van der Waals surface area contributed by atoms with Crippen LogP contribution in [0.15, 0.2) is 0 Å². The summed E-state index contributed by atoms with van der Waals surface area (Å²) < 4.78 is 0. The maximum atomic E-state index is 10.9. The third-order valence-corrected chi connectivity index (χ3v) is 2.40. The summed E-state index contributed by atoms with van der Waals surface area (Å²) in [7, 11) is 0. The molecule has 2 aliphatic rings. The van der Waals surface area contributed by atoms with Crippen LogP contribution in [0.4, 0.5) is 0 Å². The van der Waals surface area contributed by atoms with Gasteiger partial charge in [0.1, 0.15) is 0 Å². The zero-order valence-corrected chi connectivity index (χ0v) is 7.12. The summed E-state index contributed by atoms with van der Waals surface area (Å²) in [4.78, 5) is 10.9. The number of rotatable bonds is 0. The van der Waals surface area contributed by atoms with Crippen molar-refractivity contribution in [3.05, 3.63) is 0 Å². The lowest BCUT2D eigenvalue weighted by Crippen LogP contribution is -2.41. The summed E-state index contributed by atoms with van der Waals surface area (Å²) in [6, 6.07) is 0.480. The van der Waals surface area contributed by atoms with Crippen molar-refractivity contribution in [1.82, 2.24) is 10.6 Å². The number of fused-ring (bicyclic) bond motifs is 1. The quantitative estimate of drug-likeness (QED) is 0.542. The first-order valence-electron chi connectivity index (χ1n) is 3.86. The van der Waals surface area contributed by atoms with Gasteiger partial charge < -0.3 is 10.6 Å². The number of carbonyl (C=O) groups excluding carboxylic acids is 1. The average molecular weight is 177 g/mol. The Morgan fingerprint density at radius 1 is 1.45 bits per heavy atom. The van der Waals surface area contributed by atoms with Crippen LogP contribution in [0, 0.1) is 5.92 Å². The van der Waals surface area contributed by atoms with Gasteiger partial charge in [-0.1, -0.05) is 0 Å². The molecular formula is C7H13ClN2O. The highest BCUT2D eigenvalue weighted by Gasteiger charge is 2.33. The van der Waals surface area contributed by atoms with E-state index in [2.05, 4.69) is 10.6 Å². The molecule has 64 valence electrons. The number of halogens is 1. The van der Waals surface area contributed by atoms with Gasteiger partial charge in [0.2, 0.25) is 5.91 Å². The molecule has 0 radical (unpaired) electrons. The first-order valence-corrected chi connectivity index (χ1v) is 3.86. The Bertz CT molecular complexity index is 147. The Morgan fingerprint density at radius 3 is 3.00 bits per heavy atom. The number of hydrogen-bond acceptors (Lipinski definition) is 2. The summed E-state index contributed by atoms with van der Waals surface area (Å²) in [6.07, 6.45) is 1.84. The second-order valence-electron chi connectivity index (χ2n) is 3.13. The van der Waals surface area contributed by atoms with E-state index in [4.69, 9.17) is 0 Å². The monoisotopic (exact) mass is 176 g/mol. The van der Waals surface area contributed by atoms with Gasteiger partial charge in [-0.15, -0.1) is 12.4 Å². The zero-order chi connectivity index (χ0) is 6.97. The van der Waals surface area contributed by atoms with E-state index in [0.717, 1.165) is 25.9 Å². The molecule has 11 heavy (non-hydrogen) atoms. The van der Waals surface area contributed by atoms with Crippen LogP contribution in [-0.4, -0.2) is 25.0 Å². The molecule has 2 aliphatic heterocycles. The molecule has 0 aromatic heterocycles. The summed E-state index contributed by atoms with van der Waals surface area (Å²) in [5, 5.41) is 6.26. The smallest absolute Gasteiger partial charge is 0.220 e. The lowest BCUT2D eigenvalue weighted by Gasteiger charge is -2.24. The van der Waals surface area contributed by atoms with E-state index in [9.17, 15) is 4.79 Å². The molecule has 2 N–H and O–H groups in total. The van der Waals surface area contributed by atoms with Crippen LogP contribution in [0.25, 0.3) is 0 Å². The molecule has 0 aliphatic carbocycles. The fourth-order valence-electron chi connectivity index (χ4n) is 1.83. The molecule has 0 aromatic rings. The van der Waals surface area contributed by atoms with Gasteiger partial charge in [0, 0.05) is 24.9 Å². The van der Waals surface area contributed by atoms with E-state index in [-0.39, 0.29) is 18.3 Å². The molecule has 1 amide bonds. The van der Waals surface area contributed by atoms with Gasteiger partial charge in [-0.25, -0.2) is 0 Å². The van der Waals surface area contributed by atoms with Crippen LogP contribution in [0.2, 0.25) is 0 Å². The SMILES string of the molecule is Cl.O=C1C[C@H]2CNCC[C@@H]2N1. The van der Waals surface area contributed by atoms with E-state index in [1.54, 1.807) is 0 Å². The van der Waals surface area contributed by atoms with Crippen LogP contribution in [0.5, 0.6) is 0 Å². The van der Waals surface area contributed by atoms with Gasteiger partial charge in [0.25, 0.3) is 0 Å². The maximum Gasteiger partial charge on any atom is 0.220 e. The fourth-order valence-corrected chi connectivity index (χ4v) is 1.83. The van der Waals surface area contributed by atoms with E-state index < -0.39 is 0 Å². The van der Waals surface area contributed by atoms with Crippen LogP contribution < -0.4 is 10.6 Å². The average Bonchev–Trinajstić information content (AvgIpc) is 2.27. The molecule has 2 heterocycles. The number of piperidine rings is 1. The lowest BCUT2D eigenvalue weighted by atomic mass is 9.95. The fraction of sp³-hybridized carbons (Fsp3) is 0.857. The summed E-state index contributed by atoms with van der Waals surface area (Å²) in [6.45, 7) is 2.07. The molecule has 4 heteroatoms. The van der Waals surface area contributed by atoms with Crippen molar-refractivity contribution in [3.8, 4) is 0 Å². The highest BCUT2D eigenvalue weighted by Crippen LogP contribution is 2.20. The van der Waals surface area contributed by atoms with Gasteiger partial charge in [-0.2, -0.15) is 0 Å². The molecular weight excluding hydrogens is 164 g/mol. The minimum absolute atomic E-state index is 0. The van der Waals surface area contributed by atoms with Crippen LogP contribution in [0.1, 0.15) is 12.8 Å². The molecule has 2 atom stereocenters. The number of carbonyl (C=O) groups is 1. The molecule has 0 unspecified atom stereocenters. The molecule has 3 nitrogen and oxygen atoms in total. The molecule has 2 fully saturated rings. The topological polar surface area (TPSA) is 41.1 Å². The van der Waals surface area contributed by atoms with E-state index in [1.165, 1.54) is 0 Å². The van der Waals surface area contributed by atoms with Crippen LogP contribution >= 0.6 is 12.4 Å². The van der Waals surface area contributed by atoms with Crippen molar-refractivity contribution in [2.24, 2.45) is 5.92 Å². The predicted molar refractivity (Wildman–Crippen MR) is 44.8 cm³/mol. The van der Waals surface area contributed by atoms with Gasteiger partial charge in [-0.05, 0) is 13.0 Å². The van der Waals surface area contributed by atoms with Crippen molar-refractivity contribution in [2.45, 2.75) is 18.9 Å². The van der Waals surface area contributed by atoms with Crippen molar-refractivity contribution in [1.29, 1.82) is 0 Å². The summed E-state index contributed by atoms with van der Waals surface area (Å²) >= 11 is 0. The summed E-state index contributed by atoms with van der Waals surface area (Å²) in [5.41, 5.74) is 0. The first-order chi connectivity index (χ1) is 4.86. The molecule has 0 spiro atoms. The zero-order valence-electron chi connectivity index (χ0n) is 6.30. The highest BCUT2D eigenvalue weighted by molar-refractivity contribution is 5.85. The minimum Gasteiger partial charge on any atom is -0.353 e. The van der Waals surface area contributed by atoms with E-state index in [0.29, 0.717) is 12.0 Å². The maximum absolute atomic E-state index is 10.9. The second-order valence-corrected chi connectivity index (χ2v) is 3.13. The molecule has 0 aromatic carbocycles. The number of hydrogen-bond donors (Lipinski definition) is 2. The highest BCUT2D eigenvalue weighted by atomic mass is 35.5. The number of nitrogens with one attached hydrogen (secondary N) is 2. The Morgan fingerprint density at radius 2 is 2.27 bits per heavy atom. The van der Waals surface area contributed by atoms with Gasteiger partial charge >= 0.3 is 0 Å². The van der Waals surface area contributed by atoms with Gasteiger partial charge in [-0.3, -0.25) is 4.79 Å². The third kappa shape index (κ3) is 1.65. The third-order valence-electron chi connectivity index (χ3n) is 2.40. The molecule has 2 rings (SSSR count). The molecule has 0 saturated carbocycles. The van der Waals surface area contributed by atoms with E-state index >= 15 is 0 Å². The normalized spacial score (nSPS) is 35.5. The van der Waals surface area contributed by atoms with Gasteiger partial charge in [0.05, 0.1) is 0 Å². The predicted octanol–water partition coefficient (Wildman–Crippen LogP) is -0.0938. The minimum atomic E-state index is 0. The first kappa shape index (κ1) is 8.81. The van der Waals surface area contributed by atoms with E-state index in [1.807, 2.05) is 0 Å². The Balaban J connectivity index is 0.000000605. The van der Waals surface area contributed by atoms with Gasteiger partial charge in [0.15, 0.2) is 0 Å². The van der Waals surface area contributed by atoms with Crippen molar-refractivity contribution >= 4 is 18.3 Å². The van der Waals surface area contributed by atoms with Crippen LogP contribution in [0.3, 0.4) is 0 Å². The van der Waals surface area contributed by atoms with Crippen molar-refractivity contribution in [3.63, 3.8) is 0 Å². The number of amides is 1. The summed E-state index contributed by atoms with van der Waals surface area (Å²) in [5.74, 6) is 0.806. The Kier molecular flexibility index (Phi) is 2.73. The standard InChI is InChI=1S/C7H12N2O.ClH/c10-7-3-5-4-8-2-1-6(5)9-7;/h5-6,8H,1-4H2,(H,9,10);1H/t5-,6-;/m0./s1. The lowest BCUT2D eigenvalue weighted by molar-refractivity contribution is -0.119. The van der Waals surface area contributed by atoms with Crippen molar-refractivity contribution < 1.29 is 4.79 Å². The Labute approximate surface area is 72.3 Å². The van der Waals surface area contributed by atoms with Crippen molar-refractivity contribution in [2.75, 3.05) is 13.1 Å². The molecule has 2 saturated heterocycles. The molecule has 0 bridgehead atoms. The van der Waals surface area contributed by atoms with Crippen LogP contribution in [-0.2, 0) is 4.79 Å².